The fourth-order valence-electron chi connectivity index (χ4n) is 4.05. The van der Waals surface area contributed by atoms with Crippen LogP contribution in [0.15, 0.2) is 84.5 Å². The minimum atomic E-state index is 0.158. The van der Waals surface area contributed by atoms with Crippen LogP contribution in [0.2, 0.25) is 0 Å². The van der Waals surface area contributed by atoms with Crippen LogP contribution in [0.1, 0.15) is 43.2 Å². The number of benzene rings is 2. The topological polar surface area (TPSA) is 20.3 Å². The average molecular weight is 370 g/mol. The molecule has 2 aromatic carbocycles. The third-order valence-corrected chi connectivity index (χ3v) is 5.55. The van der Waals surface area contributed by atoms with E-state index in [0.29, 0.717) is 0 Å². The molecule has 0 aromatic heterocycles. The third kappa shape index (κ3) is 4.17. The number of carbonyl (C=O) groups excluding carboxylic acids is 1. The van der Waals surface area contributed by atoms with Crippen molar-refractivity contribution in [3.8, 4) is 0 Å². The summed E-state index contributed by atoms with van der Waals surface area (Å²) in [6, 6.07) is 20.5. The maximum absolute atomic E-state index is 13.6. The van der Waals surface area contributed by atoms with Crippen molar-refractivity contribution in [1.82, 2.24) is 4.90 Å². The lowest BCUT2D eigenvalue weighted by Gasteiger charge is -2.21. The molecule has 1 heterocycles. The molecule has 2 heteroatoms. The number of carbonyl (C=O) groups is 1. The lowest BCUT2D eigenvalue weighted by atomic mass is 9.89. The van der Waals surface area contributed by atoms with Crippen LogP contribution in [-0.2, 0) is 4.79 Å². The highest BCUT2D eigenvalue weighted by Gasteiger charge is 2.25. The Kier molecular flexibility index (Phi) is 5.86. The summed E-state index contributed by atoms with van der Waals surface area (Å²) in [4.78, 5) is 15.6. The first-order valence-corrected chi connectivity index (χ1v) is 10.3. The summed E-state index contributed by atoms with van der Waals surface area (Å²) < 4.78 is 0. The van der Waals surface area contributed by atoms with Crippen molar-refractivity contribution in [3.63, 3.8) is 0 Å². The van der Waals surface area contributed by atoms with Gasteiger partial charge in [0.15, 0.2) is 0 Å². The summed E-state index contributed by atoms with van der Waals surface area (Å²) in [5.74, 6) is 0.158. The van der Waals surface area contributed by atoms with Crippen LogP contribution in [-0.4, -0.2) is 23.9 Å². The zero-order valence-electron chi connectivity index (χ0n) is 16.3. The Hall–Kier alpha value is -2.87. The monoisotopic (exact) mass is 369 g/mol. The van der Waals surface area contributed by atoms with Gasteiger partial charge >= 0.3 is 0 Å². The molecule has 142 valence electrons. The Morgan fingerprint density at radius 3 is 2.07 bits per heavy atom. The quantitative estimate of drug-likeness (QED) is 0.374. The molecule has 1 fully saturated rings. The highest BCUT2D eigenvalue weighted by atomic mass is 16.2. The molecule has 1 amide bonds. The largest absolute Gasteiger partial charge is 0.339 e. The molecule has 0 atom stereocenters. The molecule has 2 nitrogen and oxygen atoms in total. The van der Waals surface area contributed by atoms with Crippen LogP contribution < -0.4 is 0 Å². The normalized spacial score (nSPS) is 19.0. The predicted octanol–water partition coefficient (Wildman–Crippen LogP) is 5.89. The van der Waals surface area contributed by atoms with Crippen LogP contribution in [0.25, 0.3) is 11.1 Å². The van der Waals surface area contributed by atoms with Crippen LogP contribution in [0.5, 0.6) is 0 Å². The minimum absolute atomic E-state index is 0.158. The average Bonchev–Trinajstić information content (AvgIpc) is 3.30. The van der Waals surface area contributed by atoms with Gasteiger partial charge in [-0.15, -0.1) is 0 Å². The van der Waals surface area contributed by atoms with Crippen molar-refractivity contribution < 1.29 is 4.79 Å². The van der Waals surface area contributed by atoms with Gasteiger partial charge in [-0.05, 0) is 48.8 Å². The van der Waals surface area contributed by atoms with E-state index in [2.05, 4.69) is 54.6 Å². The number of rotatable bonds is 4. The molecule has 1 aliphatic carbocycles. The molecular weight excluding hydrogens is 342 g/mol. The summed E-state index contributed by atoms with van der Waals surface area (Å²) in [6.45, 7) is 1.72. The van der Waals surface area contributed by atoms with Crippen LogP contribution in [0, 0.1) is 0 Å². The fraction of sp³-hybridized carbons (Fsp3) is 0.269. The van der Waals surface area contributed by atoms with Gasteiger partial charge < -0.3 is 4.90 Å². The zero-order chi connectivity index (χ0) is 19.2. The Balaban J connectivity index is 1.91. The molecule has 0 N–H and O–H groups in total. The molecule has 0 spiro atoms. The summed E-state index contributed by atoms with van der Waals surface area (Å²) in [5.41, 5.74) is 5.38. The Labute approximate surface area is 167 Å². The molecular formula is C26H27NO. The molecule has 4 rings (SSSR count). The van der Waals surface area contributed by atoms with Gasteiger partial charge in [-0.2, -0.15) is 0 Å². The summed E-state index contributed by atoms with van der Waals surface area (Å²) in [7, 11) is 0. The van der Waals surface area contributed by atoms with E-state index in [-0.39, 0.29) is 5.91 Å². The van der Waals surface area contributed by atoms with E-state index in [4.69, 9.17) is 0 Å². The highest BCUT2D eigenvalue weighted by Crippen LogP contribution is 2.33. The van der Waals surface area contributed by atoms with Gasteiger partial charge in [-0.1, -0.05) is 84.5 Å². The lowest BCUT2D eigenvalue weighted by molar-refractivity contribution is -0.123. The van der Waals surface area contributed by atoms with Gasteiger partial charge in [0.1, 0.15) is 0 Å². The molecule has 0 radical (unpaired) electrons. The smallest absolute Gasteiger partial charge is 0.255 e. The number of hydrogen-bond acceptors (Lipinski definition) is 1. The first kappa shape index (κ1) is 18.5. The van der Waals surface area contributed by atoms with Gasteiger partial charge in [0.05, 0.1) is 5.57 Å². The SMILES string of the molecule is O=C(/C(=C(\C=C1/CC=CCC1)c1ccccc1)c1ccccc1)N1CCCC1. The Morgan fingerprint density at radius 2 is 1.46 bits per heavy atom. The van der Waals surface area contributed by atoms with Gasteiger partial charge in [0.2, 0.25) is 0 Å². The van der Waals surface area contributed by atoms with E-state index < -0.39 is 0 Å². The zero-order valence-corrected chi connectivity index (χ0v) is 16.3. The number of hydrogen-bond donors (Lipinski definition) is 0. The summed E-state index contributed by atoms with van der Waals surface area (Å²) in [5, 5.41) is 0. The highest BCUT2D eigenvalue weighted by molar-refractivity contribution is 6.28. The maximum atomic E-state index is 13.6. The summed E-state index contributed by atoms with van der Waals surface area (Å²) in [6.07, 6.45) is 12.1. The predicted molar refractivity (Wildman–Crippen MR) is 117 cm³/mol. The second-order valence-electron chi connectivity index (χ2n) is 7.54. The molecule has 28 heavy (non-hydrogen) atoms. The van der Waals surface area contributed by atoms with Gasteiger partial charge in [0, 0.05) is 13.1 Å². The second kappa shape index (κ2) is 8.88. The number of likely N-dealkylation sites (tertiary alicyclic amines) is 1. The van der Waals surface area contributed by atoms with Crippen LogP contribution >= 0.6 is 0 Å². The molecule has 0 bridgehead atoms. The first-order chi connectivity index (χ1) is 13.8. The van der Waals surface area contributed by atoms with E-state index >= 15 is 0 Å². The third-order valence-electron chi connectivity index (χ3n) is 5.55. The number of amides is 1. The van der Waals surface area contributed by atoms with Crippen LogP contribution in [0.4, 0.5) is 0 Å². The van der Waals surface area contributed by atoms with Crippen molar-refractivity contribution in [2.24, 2.45) is 0 Å². The van der Waals surface area contributed by atoms with Gasteiger partial charge in [-0.3, -0.25) is 4.79 Å². The maximum Gasteiger partial charge on any atom is 0.255 e. The van der Waals surface area contributed by atoms with E-state index in [0.717, 1.165) is 67.5 Å². The van der Waals surface area contributed by atoms with Gasteiger partial charge in [0.25, 0.3) is 5.91 Å². The van der Waals surface area contributed by atoms with Crippen molar-refractivity contribution in [1.29, 1.82) is 0 Å². The molecule has 0 unspecified atom stereocenters. The van der Waals surface area contributed by atoms with Crippen molar-refractivity contribution in [2.45, 2.75) is 32.1 Å². The second-order valence-corrected chi connectivity index (χ2v) is 7.54. The summed E-state index contributed by atoms with van der Waals surface area (Å²) >= 11 is 0. The molecule has 1 aliphatic heterocycles. The molecule has 2 aromatic rings. The van der Waals surface area contributed by atoms with Gasteiger partial charge in [-0.25, -0.2) is 0 Å². The molecule has 0 saturated carbocycles. The lowest BCUT2D eigenvalue weighted by Crippen LogP contribution is -2.29. The van der Waals surface area contributed by atoms with Crippen molar-refractivity contribution in [2.75, 3.05) is 13.1 Å². The van der Waals surface area contributed by atoms with E-state index in [1.807, 2.05) is 29.2 Å². The van der Waals surface area contributed by atoms with E-state index in [9.17, 15) is 4.79 Å². The van der Waals surface area contributed by atoms with Crippen molar-refractivity contribution in [3.05, 3.63) is 95.6 Å². The van der Waals surface area contributed by atoms with Crippen LogP contribution in [0.3, 0.4) is 0 Å². The molecule has 1 saturated heterocycles. The van der Waals surface area contributed by atoms with E-state index in [1.165, 1.54) is 5.57 Å². The Bertz CT molecular complexity index is 900. The van der Waals surface area contributed by atoms with Crippen molar-refractivity contribution >= 4 is 17.1 Å². The Morgan fingerprint density at radius 1 is 0.821 bits per heavy atom. The van der Waals surface area contributed by atoms with E-state index in [1.54, 1.807) is 0 Å². The number of allylic oxidation sites excluding steroid dienone is 5. The first-order valence-electron chi connectivity index (χ1n) is 10.3. The molecule has 2 aliphatic rings. The standard InChI is InChI=1S/C26H27NO/c28-26(27-18-10-11-19-27)25(23-16-8-3-9-17-23)24(22-14-6-2-7-15-22)20-21-12-4-1-5-13-21/h1-4,6-9,14-17,20H,5,10-13,18-19H2/b21-20+,25-24+. The number of nitrogens with zero attached hydrogens (tertiary/aromatic N) is 1. The minimum Gasteiger partial charge on any atom is -0.339 e. The fourth-order valence-corrected chi connectivity index (χ4v) is 4.05.